The van der Waals surface area contributed by atoms with Gasteiger partial charge in [-0.1, -0.05) is 38.5 Å². The topological polar surface area (TPSA) is 29.5 Å². The van der Waals surface area contributed by atoms with Crippen LogP contribution >= 0.6 is 0 Å². The van der Waals surface area contributed by atoms with Crippen molar-refractivity contribution in [1.82, 2.24) is 0 Å². The number of unbranched alkanes of at least 4 members (excludes halogenated alkanes) is 6. The van der Waals surface area contributed by atoms with E-state index in [1.165, 1.54) is 25.7 Å². The van der Waals surface area contributed by atoms with Gasteiger partial charge in [-0.15, -0.1) is 0 Å². The maximum atomic E-state index is 12.6. The van der Waals surface area contributed by atoms with Crippen molar-refractivity contribution < 1.29 is 14.2 Å². The molecule has 17 heavy (non-hydrogen) atoms. The van der Waals surface area contributed by atoms with Crippen LogP contribution in [0.15, 0.2) is 0 Å². The van der Waals surface area contributed by atoms with Crippen molar-refractivity contribution in [1.29, 1.82) is 0 Å². The number of hydrogen-bond acceptors (Lipinski definition) is 2. The smallest absolute Gasteiger partial charge is 0.123 e. The highest BCUT2D eigenvalue weighted by molar-refractivity contribution is 4.54. The van der Waals surface area contributed by atoms with Crippen molar-refractivity contribution in [3.63, 3.8) is 0 Å². The van der Waals surface area contributed by atoms with Gasteiger partial charge >= 0.3 is 0 Å². The van der Waals surface area contributed by atoms with Gasteiger partial charge in [-0.2, -0.15) is 0 Å². The standard InChI is InChI=1S/C14H29FO2/c1-13(2)17-11-9-7-5-3-4-6-8-10-14(15)12-16/h13-14,16H,3-12H2,1-2H3. The Kier molecular flexibility index (Phi) is 12.2. The molecule has 0 aliphatic rings. The maximum absolute atomic E-state index is 12.6. The molecule has 0 aromatic carbocycles. The molecular formula is C14H29FO2. The number of halogens is 1. The predicted molar refractivity (Wildman–Crippen MR) is 70.0 cm³/mol. The first kappa shape index (κ1) is 16.9. The van der Waals surface area contributed by atoms with Crippen molar-refractivity contribution in [2.45, 2.75) is 77.5 Å². The van der Waals surface area contributed by atoms with Crippen LogP contribution in [0.2, 0.25) is 0 Å². The summed E-state index contributed by atoms with van der Waals surface area (Å²) in [6.45, 7) is 4.67. The highest BCUT2D eigenvalue weighted by Gasteiger charge is 2.02. The molecule has 3 heteroatoms. The summed E-state index contributed by atoms with van der Waals surface area (Å²) in [6, 6.07) is 0. The van der Waals surface area contributed by atoms with E-state index in [4.69, 9.17) is 9.84 Å². The van der Waals surface area contributed by atoms with Gasteiger partial charge < -0.3 is 9.84 Å². The number of rotatable bonds is 12. The Morgan fingerprint density at radius 2 is 1.47 bits per heavy atom. The zero-order valence-electron chi connectivity index (χ0n) is 11.5. The molecule has 0 aliphatic carbocycles. The second-order valence-electron chi connectivity index (χ2n) is 4.96. The molecule has 1 unspecified atom stereocenters. The summed E-state index contributed by atoms with van der Waals surface area (Å²) in [4.78, 5) is 0. The fraction of sp³-hybridized carbons (Fsp3) is 1.00. The maximum Gasteiger partial charge on any atom is 0.123 e. The SMILES string of the molecule is CC(C)OCCCCCCCCCC(F)CO. The molecule has 0 aromatic heterocycles. The molecule has 0 aromatic rings. The van der Waals surface area contributed by atoms with Gasteiger partial charge in [0.15, 0.2) is 0 Å². The lowest BCUT2D eigenvalue weighted by atomic mass is 10.1. The van der Waals surface area contributed by atoms with Crippen LogP contribution in [0.1, 0.15) is 65.2 Å². The first-order valence-electron chi connectivity index (χ1n) is 7.03. The van der Waals surface area contributed by atoms with Gasteiger partial charge in [-0.3, -0.25) is 0 Å². The Labute approximate surface area is 106 Å². The summed E-state index contributed by atoms with van der Waals surface area (Å²) < 4.78 is 18.1. The van der Waals surface area contributed by atoms with Crippen molar-refractivity contribution in [2.75, 3.05) is 13.2 Å². The van der Waals surface area contributed by atoms with E-state index >= 15 is 0 Å². The molecule has 0 saturated carbocycles. The zero-order valence-corrected chi connectivity index (χ0v) is 11.5. The number of aliphatic hydroxyl groups is 1. The number of alkyl halides is 1. The third kappa shape index (κ3) is 13.8. The van der Waals surface area contributed by atoms with E-state index < -0.39 is 6.17 Å². The minimum Gasteiger partial charge on any atom is -0.393 e. The molecule has 104 valence electrons. The van der Waals surface area contributed by atoms with Gasteiger partial charge in [-0.25, -0.2) is 4.39 Å². The first-order chi connectivity index (χ1) is 8.16. The third-order valence-corrected chi connectivity index (χ3v) is 2.81. The predicted octanol–water partition coefficient (Wildman–Crippen LogP) is 3.86. The molecule has 0 radical (unpaired) electrons. The lowest BCUT2D eigenvalue weighted by Crippen LogP contribution is -2.05. The van der Waals surface area contributed by atoms with Crippen LogP contribution in [-0.2, 0) is 4.74 Å². The summed E-state index contributed by atoms with van der Waals surface area (Å²) >= 11 is 0. The monoisotopic (exact) mass is 248 g/mol. The third-order valence-electron chi connectivity index (χ3n) is 2.81. The van der Waals surface area contributed by atoms with Crippen LogP contribution in [-0.4, -0.2) is 30.6 Å². The highest BCUT2D eigenvalue weighted by Crippen LogP contribution is 2.11. The van der Waals surface area contributed by atoms with Crippen molar-refractivity contribution >= 4 is 0 Å². The quantitative estimate of drug-likeness (QED) is 0.531. The number of ether oxygens (including phenoxy) is 1. The number of hydrogen-bond donors (Lipinski definition) is 1. The minimum atomic E-state index is -1.01. The molecule has 2 nitrogen and oxygen atoms in total. The van der Waals surface area contributed by atoms with Crippen LogP contribution in [0, 0.1) is 0 Å². The van der Waals surface area contributed by atoms with E-state index in [0.717, 1.165) is 25.9 Å². The van der Waals surface area contributed by atoms with Crippen molar-refractivity contribution in [3.05, 3.63) is 0 Å². The Morgan fingerprint density at radius 3 is 2.00 bits per heavy atom. The second kappa shape index (κ2) is 12.3. The lowest BCUT2D eigenvalue weighted by molar-refractivity contribution is 0.0756. The van der Waals surface area contributed by atoms with E-state index in [-0.39, 0.29) is 6.61 Å². The largest absolute Gasteiger partial charge is 0.393 e. The van der Waals surface area contributed by atoms with Gasteiger partial charge in [0.05, 0.1) is 12.7 Å². The van der Waals surface area contributed by atoms with Gasteiger partial charge in [0.25, 0.3) is 0 Å². The molecule has 1 N–H and O–H groups in total. The molecule has 0 aliphatic heterocycles. The Balaban J connectivity index is 2.99. The Bertz CT molecular complexity index is 151. The van der Waals surface area contributed by atoms with Crippen LogP contribution < -0.4 is 0 Å². The van der Waals surface area contributed by atoms with E-state index in [9.17, 15) is 4.39 Å². The average Bonchev–Trinajstić information content (AvgIpc) is 2.30. The zero-order chi connectivity index (χ0) is 12.9. The highest BCUT2D eigenvalue weighted by atomic mass is 19.1. The molecule has 0 heterocycles. The fourth-order valence-electron chi connectivity index (χ4n) is 1.76. The Morgan fingerprint density at radius 1 is 0.941 bits per heavy atom. The molecule has 0 amide bonds. The van der Waals surface area contributed by atoms with Crippen LogP contribution in [0.4, 0.5) is 4.39 Å². The second-order valence-corrected chi connectivity index (χ2v) is 4.96. The van der Waals surface area contributed by atoms with Crippen molar-refractivity contribution in [2.24, 2.45) is 0 Å². The van der Waals surface area contributed by atoms with Crippen LogP contribution in [0.25, 0.3) is 0 Å². The summed E-state index contributed by atoms with van der Waals surface area (Å²) in [6.07, 6.45) is 7.88. The van der Waals surface area contributed by atoms with Gasteiger partial charge in [-0.05, 0) is 26.7 Å². The van der Waals surface area contributed by atoms with E-state index in [1.54, 1.807) is 0 Å². The summed E-state index contributed by atoms with van der Waals surface area (Å²) in [7, 11) is 0. The molecule has 0 saturated heterocycles. The molecule has 1 atom stereocenters. The summed E-state index contributed by atoms with van der Waals surface area (Å²) in [5.74, 6) is 0. The van der Waals surface area contributed by atoms with Crippen LogP contribution in [0.3, 0.4) is 0 Å². The minimum absolute atomic E-state index is 0.324. The molecule has 0 fully saturated rings. The average molecular weight is 248 g/mol. The lowest BCUT2D eigenvalue weighted by Gasteiger charge is -2.07. The summed E-state index contributed by atoms with van der Waals surface area (Å²) in [5, 5.41) is 8.51. The van der Waals surface area contributed by atoms with E-state index in [0.29, 0.717) is 12.5 Å². The first-order valence-corrected chi connectivity index (χ1v) is 7.03. The van der Waals surface area contributed by atoms with Crippen molar-refractivity contribution in [3.8, 4) is 0 Å². The van der Waals surface area contributed by atoms with Gasteiger partial charge in [0, 0.05) is 6.61 Å². The normalized spacial score (nSPS) is 13.2. The molecular weight excluding hydrogens is 219 g/mol. The molecule has 0 bridgehead atoms. The van der Waals surface area contributed by atoms with Gasteiger partial charge in [0.1, 0.15) is 6.17 Å². The van der Waals surface area contributed by atoms with E-state index in [2.05, 4.69) is 13.8 Å². The molecule has 0 rings (SSSR count). The Hall–Kier alpha value is -0.150. The molecule has 0 spiro atoms. The van der Waals surface area contributed by atoms with Gasteiger partial charge in [0.2, 0.25) is 0 Å². The number of aliphatic hydroxyl groups excluding tert-OH is 1. The van der Waals surface area contributed by atoms with Crippen LogP contribution in [0.5, 0.6) is 0 Å². The van der Waals surface area contributed by atoms with E-state index in [1.807, 2.05) is 0 Å². The fourth-order valence-corrected chi connectivity index (χ4v) is 1.76. The summed E-state index contributed by atoms with van der Waals surface area (Å²) in [5.41, 5.74) is 0.